The van der Waals surface area contributed by atoms with Crippen molar-refractivity contribution in [1.82, 2.24) is 5.32 Å². The van der Waals surface area contributed by atoms with Crippen LogP contribution in [0.25, 0.3) is 0 Å². The lowest BCUT2D eigenvalue weighted by Gasteiger charge is -2.13. The Morgan fingerprint density at radius 2 is 2.17 bits per heavy atom. The summed E-state index contributed by atoms with van der Waals surface area (Å²) < 4.78 is 10.3. The van der Waals surface area contributed by atoms with Crippen molar-refractivity contribution < 1.29 is 19.4 Å². The van der Waals surface area contributed by atoms with Gasteiger partial charge >= 0.3 is 0 Å². The first-order chi connectivity index (χ1) is 8.62. The highest BCUT2D eigenvalue weighted by Gasteiger charge is 2.12. The largest absolute Gasteiger partial charge is 0.497 e. The first kappa shape index (κ1) is 14.3. The Kier molecular flexibility index (Phi) is 5.41. The predicted octanol–water partition coefficient (Wildman–Crippen LogP) is -0.360. The van der Waals surface area contributed by atoms with Crippen LogP contribution in [0.15, 0.2) is 18.2 Å². The van der Waals surface area contributed by atoms with Gasteiger partial charge in [-0.15, -0.1) is 0 Å². The minimum Gasteiger partial charge on any atom is -0.497 e. The van der Waals surface area contributed by atoms with Crippen molar-refractivity contribution in [1.29, 1.82) is 0 Å². The molecule has 1 aromatic carbocycles. The summed E-state index contributed by atoms with van der Waals surface area (Å²) in [7, 11) is 3.11. The second kappa shape index (κ2) is 6.83. The molecule has 0 aliphatic rings. The minimum atomic E-state index is -0.908. The molecule has 0 aliphatic carbocycles. The third-order valence-corrected chi connectivity index (χ3v) is 2.48. The zero-order chi connectivity index (χ0) is 13.5. The summed E-state index contributed by atoms with van der Waals surface area (Å²) in [4.78, 5) is 11.4. The molecule has 4 N–H and O–H groups in total. The number of aliphatic hydroxyl groups excluding tert-OH is 1. The number of carbonyl (C=O) groups is 1. The van der Waals surface area contributed by atoms with Crippen molar-refractivity contribution in [3.63, 3.8) is 0 Å². The maximum Gasteiger partial charge on any atom is 0.239 e. The summed E-state index contributed by atoms with van der Waals surface area (Å²) in [5.74, 6) is 0.886. The number of aliphatic hydroxyl groups is 1. The number of hydrogen-bond donors (Lipinski definition) is 3. The molecule has 0 fully saturated rings. The highest BCUT2D eigenvalue weighted by molar-refractivity contribution is 5.81. The standard InChI is InChI=1S/C12H18N2O4/c1-17-9-4-3-8(11(5-9)18-2)6-14-12(16)10(13)7-15/h3-5,10,15H,6-7,13H2,1-2H3,(H,14,16). The molecule has 1 aromatic rings. The molecule has 18 heavy (non-hydrogen) atoms. The number of carbonyl (C=O) groups excluding carboxylic acids is 1. The van der Waals surface area contributed by atoms with Crippen LogP contribution in [0.5, 0.6) is 11.5 Å². The fourth-order valence-electron chi connectivity index (χ4n) is 1.39. The molecule has 1 amide bonds. The van der Waals surface area contributed by atoms with E-state index in [1.807, 2.05) is 0 Å². The molecule has 0 radical (unpaired) electrons. The molecule has 0 bridgehead atoms. The molecule has 0 saturated heterocycles. The molecule has 6 nitrogen and oxygen atoms in total. The maximum atomic E-state index is 11.4. The molecule has 0 aromatic heterocycles. The normalized spacial score (nSPS) is 11.8. The van der Waals surface area contributed by atoms with Crippen molar-refractivity contribution in [2.45, 2.75) is 12.6 Å². The number of nitrogens with one attached hydrogen (secondary N) is 1. The fourth-order valence-corrected chi connectivity index (χ4v) is 1.39. The summed E-state index contributed by atoms with van der Waals surface area (Å²) in [6, 6.07) is 4.39. The van der Waals surface area contributed by atoms with Crippen LogP contribution in [0, 0.1) is 0 Å². The van der Waals surface area contributed by atoms with E-state index in [0.29, 0.717) is 11.5 Å². The van der Waals surface area contributed by atoms with E-state index in [9.17, 15) is 4.79 Å². The zero-order valence-electron chi connectivity index (χ0n) is 10.5. The molecule has 0 heterocycles. The summed E-state index contributed by atoms with van der Waals surface area (Å²) in [5, 5.41) is 11.4. The van der Waals surface area contributed by atoms with Gasteiger partial charge in [0.1, 0.15) is 17.5 Å². The lowest BCUT2D eigenvalue weighted by molar-refractivity contribution is -0.123. The average molecular weight is 254 g/mol. The number of benzene rings is 1. The van der Waals surface area contributed by atoms with E-state index in [1.54, 1.807) is 32.4 Å². The summed E-state index contributed by atoms with van der Waals surface area (Å²) in [6.45, 7) is -0.106. The molecule has 100 valence electrons. The van der Waals surface area contributed by atoms with Gasteiger partial charge in [0, 0.05) is 18.2 Å². The molecule has 0 aliphatic heterocycles. The Balaban J connectivity index is 2.70. The smallest absolute Gasteiger partial charge is 0.239 e. The monoisotopic (exact) mass is 254 g/mol. The topological polar surface area (TPSA) is 93.8 Å². The highest BCUT2D eigenvalue weighted by atomic mass is 16.5. The second-order valence-corrected chi connectivity index (χ2v) is 3.68. The SMILES string of the molecule is COc1ccc(CNC(=O)C(N)CO)c(OC)c1. The van der Waals surface area contributed by atoms with E-state index in [4.69, 9.17) is 20.3 Å². The van der Waals surface area contributed by atoms with E-state index < -0.39 is 11.9 Å². The van der Waals surface area contributed by atoms with Crippen LogP contribution in [0.3, 0.4) is 0 Å². The van der Waals surface area contributed by atoms with Crippen LogP contribution in [0.1, 0.15) is 5.56 Å². The fraction of sp³-hybridized carbons (Fsp3) is 0.417. The molecule has 6 heteroatoms. The van der Waals surface area contributed by atoms with Gasteiger partial charge in [0.25, 0.3) is 0 Å². The summed E-state index contributed by atoms with van der Waals surface area (Å²) >= 11 is 0. The van der Waals surface area contributed by atoms with Crippen LogP contribution in [-0.4, -0.2) is 37.9 Å². The molecule has 1 atom stereocenters. The quantitative estimate of drug-likeness (QED) is 0.644. The molecule has 0 saturated carbocycles. The van der Waals surface area contributed by atoms with E-state index in [-0.39, 0.29) is 13.2 Å². The molecular formula is C12H18N2O4. The lowest BCUT2D eigenvalue weighted by atomic mass is 10.2. The lowest BCUT2D eigenvalue weighted by Crippen LogP contribution is -2.42. The van der Waals surface area contributed by atoms with Gasteiger partial charge in [-0.05, 0) is 12.1 Å². The minimum absolute atomic E-state index is 0.277. The number of hydrogen-bond acceptors (Lipinski definition) is 5. The molecule has 1 unspecified atom stereocenters. The average Bonchev–Trinajstić information content (AvgIpc) is 2.43. The Bertz CT molecular complexity index is 409. The highest BCUT2D eigenvalue weighted by Crippen LogP contribution is 2.24. The van der Waals surface area contributed by atoms with E-state index in [0.717, 1.165) is 5.56 Å². The predicted molar refractivity (Wildman–Crippen MR) is 66.5 cm³/mol. The van der Waals surface area contributed by atoms with Crippen LogP contribution in [0.4, 0.5) is 0 Å². The molecule has 1 rings (SSSR count). The van der Waals surface area contributed by atoms with Gasteiger partial charge in [0.2, 0.25) is 5.91 Å². The number of nitrogens with two attached hydrogens (primary N) is 1. The van der Waals surface area contributed by atoms with Crippen molar-refractivity contribution in [3.05, 3.63) is 23.8 Å². The van der Waals surface area contributed by atoms with Crippen molar-refractivity contribution in [2.75, 3.05) is 20.8 Å². The van der Waals surface area contributed by atoms with Crippen molar-refractivity contribution in [2.24, 2.45) is 5.73 Å². The summed E-state index contributed by atoms with van der Waals surface area (Å²) in [5.41, 5.74) is 6.19. The Morgan fingerprint density at radius 1 is 1.44 bits per heavy atom. The van der Waals surface area contributed by atoms with Gasteiger partial charge in [-0.2, -0.15) is 0 Å². The number of amides is 1. The third-order valence-electron chi connectivity index (χ3n) is 2.48. The molecule has 0 spiro atoms. The van der Waals surface area contributed by atoms with E-state index in [2.05, 4.69) is 5.32 Å². The maximum absolute atomic E-state index is 11.4. The first-order valence-corrected chi connectivity index (χ1v) is 5.47. The number of methoxy groups -OCH3 is 2. The van der Waals surface area contributed by atoms with Crippen LogP contribution < -0.4 is 20.5 Å². The van der Waals surface area contributed by atoms with Gasteiger partial charge in [-0.3, -0.25) is 4.79 Å². The van der Waals surface area contributed by atoms with Crippen molar-refractivity contribution in [3.8, 4) is 11.5 Å². The van der Waals surface area contributed by atoms with Gasteiger partial charge in [0.05, 0.1) is 20.8 Å². The third kappa shape index (κ3) is 3.61. The Morgan fingerprint density at radius 3 is 2.72 bits per heavy atom. The van der Waals surface area contributed by atoms with Crippen LogP contribution >= 0.6 is 0 Å². The second-order valence-electron chi connectivity index (χ2n) is 3.68. The zero-order valence-corrected chi connectivity index (χ0v) is 10.5. The van der Waals surface area contributed by atoms with Gasteiger partial charge in [-0.1, -0.05) is 0 Å². The van der Waals surface area contributed by atoms with Gasteiger partial charge in [0.15, 0.2) is 0 Å². The molecular weight excluding hydrogens is 236 g/mol. The van der Waals surface area contributed by atoms with Gasteiger partial charge < -0.3 is 25.6 Å². The Hall–Kier alpha value is -1.79. The van der Waals surface area contributed by atoms with E-state index in [1.165, 1.54) is 0 Å². The first-order valence-electron chi connectivity index (χ1n) is 5.47. The number of rotatable bonds is 6. The number of ether oxygens (including phenoxy) is 2. The van der Waals surface area contributed by atoms with Gasteiger partial charge in [-0.25, -0.2) is 0 Å². The Labute approximate surface area is 106 Å². The summed E-state index contributed by atoms with van der Waals surface area (Å²) in [6.07, 6.45) is 0. The van der Waals surface area contributed by atoms with Crippen molar-refractivity contribution >= 4 is 5.91 Å². The van der Waals surface area contributed by atoms with Crippen LogP contribution in [-0.2, 0) is 11.3 Å². The van der Waals surface area contributed by atoms with E-state index >= 15 is 0 Å². The van der Waals surface area contributed by atoms with Crippen LogP contribution in [0.2, 0.25) is 0 Å².